The SMILES string of the molecule is Cc1cc(=O)n(C2CCCC2)c2nc(N3CC(Cn4ccnc4C(C)C)C3)ncc12. The number of nitrogens with zero attached hydrogens (tertiary/aromatic N) is 6. The van der Waals surface area contributed by atoms with Gasteiger partial charge in [0.15, 0.2) is 0 Å². The fourth-order valence-electron chi connectivity index (χ4n) is 5.03. The van der Waals surface area contributed by atoms with Gasteiger partial charge in [-0.1, -0.05) is 26.7 Å². The van der Waals surface area contributed by atoms with Crippen molar-refractivity contribution >= 4 is 17.0 Å². The van der Waals surface area contributed by atoms with Crippen LogP contribution < -0.4 is 10.5 Å². The Bertz CT molecular complexity index is 1120. The lowest BCUT2D eigenvalue weighted by molar-refractivity contribution is 0.346. The number of aromatic nitrogens is 5. The molecule has 2 aliphatic rings. The maximum atomic E-state index is 12.8. The average Bonchev–Trinajstić information content (AvgIpc) is 3.36. The molecule has 0 N–H and O–H groups in total. The summed E-state index contributed by atoms with van der Waals surface area (Å²) in [6.45, 7) is 9.18. The van der Waals surface area contributed by atoms with Gasteiger partial charge in [-0.05, 0) is 25.3 Å². The van der Waals surface area contributed by atoms with E-state index in [-0.39, 0.29) is 11.6 Å². The van der Waals surface area contributed by atoms with Gasteiger partial charge in [-0.15, -0.1) is 0 Å². The van der Waals surface area contributed by atoms with Crippen molar-refractivity contribution in [2.45, 2.75) is 65.0 Å². The monoisotopic (exact) mass is 406 g/mol. The zero-order valence-electron chi connectivity index (χ0n) is 18.1. The molecule has 158 valence electrons. The Morgan fingerprint density at radius 2 is 1.93 bits per heavy atom. The molecule has 0 bridgehead atoms. The van der Waals surface area contributed by atoms with Crippen LogP contribution in [0.4, 0.5) is 5.95 Å². The molecule has 4 heterocycles. The third-order valence-electron chi connectivity index (χ3n) is 6.64. The van der Waals surface area contributed by atoms with E-state index in [9.17, 15) is 4.79 Å². The van der Waals surface area contributed by atoms with Crippen LogP contribution in [0.25, 0.3) is 11.0 Å². The topological polar surface area (TPSA) is 68.8 Å². The molecule has 0 unspecified atom stereocenters. The van der Waals surface area contributed by atoms with Crippen LogP contribution in [-0.4, -0.2) is 37.2 Å². The highest BCUT2D eigenvalue weighted by molar-refractivity contribution is 5.79. The van der Waals surface area contributed by atoms with Crippen LogP contribution in [0.5, 0.6) is 0 Å². The van der Waals surface area contributed by atoms with Crippen LogP contribution in [0.1, 0.15) is 62.9 Å². The Balaban J connectivity index is 1.39. The lowest BCUT2D eigenvalue weighted by Crippen LogP contribution is -2.49. The summed E-state index contributed by atoms with van der Waals surface area (Å²) in [6.07, 6.45) is 10.4. The zero-order valence-corrected chi connectivity index (χ0v) is 18.1. The molecule has 0 amide bonds. The van der Waals surface area contributed by atoms with Crippen molar-refractivity contribution in [3.05, 3.63) is 46.4 Å². The molecule has 0 aromatic carbocycles. The van der Waals surface area contributed by atoms with E-state index in [1.54, 1.807) is 6.07 Å². The summed E-state index contributed by atoms with van der Waals surface area (Å²) >= 11 is 0. The zero-order chi connectivity index (χ0) is 20.8. The van der Waals surface area contributed by atoms with E-state index >= 15 is 0 Å². The standard InChI is InChI=1S/C23H30N6O/c1-15(2)21-24-8-9-27(21)12-17-13-28(14-17)23-25-11-19-16(3)10-20(30)29(22(19)26-23)18-6-4-5-7-18/h8-11,15,17-18H,4-7,12-14H2,1-3H3. The van der Waals surface area contributed by atoms with Gasteiger partial charge in [0.05, 0.1) is 0 Å². The highest BCUT2D eigenvalue weighted by Gasteiger charge is 2.30. The van der Waals surface area contributed by atoms with Crippen molar-refractivity contribution < 1.29 is 0 Å². The Morgan fingerprint density at radius 3 is 2.67 bits per heavy atom. The number of imidazole rings is 1. The molecule has 3 aromatic rings. The summed E-state index contributed by atoms with van der Waals surface area (Å²) in [5.74, 6) is 2.87. The predicted octanol–water partition coefficient (Wildman–Crippen LogP) is 3.67. The lowest BCUT2D eigenvalue weighted by atomic mass is 10.0. The molecule has 1 saturated carbocycles. The molecule has 30 heavy (non-hydrogen) atoms. The highest BCUT2D eigenvalue weighted by atomic mass is 16.1. The van der Waals surface area contributed by atoms with E-state index in [2.05, 4.69) is 39.5 Å². The first-order valence-corrected chi connectivity index (χ1v) is 11.2. The van der Waals surface area contributed by atoms with Crippen molar-refractivity contribution in [2.24, 2.45) is 5.92 Å². The highest BCUT2D eigenvalue weighted by Crippen LogP contribution is 2.32. The van der Waals surface area contributed by atoms with Gasteiger partial charge >= 0.3 is 0 Å². The quantitative estimate of drug-likeness (QED) is 0.647. The number of anilines is 1. The maximum absolute atomic E-state index is 12.8. The Labute approximate surface area is 176 Å². The van der Waals surface area contributed by atoms with Gasteiger partial charge in [-0.25, -0.2) is 9.97 Å². The molecule has 7 heteroatoms. The minimum atomic E-state index is 0.0689. The molecule has 1 aliphatic heterocycles. The van der Waals surface area contributed by atoms with Gasteiger partial charge in [0, 0.05) is 67.6 Å². The molecular formula is C23H30N6O. The molecule has 1 aliphatic carbocycles. The second kappa shape index (κ2) is 7.52. The van der Waals surface area contributed by atoms with Gasteiger partial charge in [-0.3, -0.25) is 9.36 Å². The Morgan fingerprint density at radius 1 is 1.17 bits per heavy atom. The van der Waals surface area contributed by atoms with Crippen molar-refractivity contribution in [3.8, 4) is 0 Å². The van der Waals surface area contributed by atoms with Gasteiger partial charge < -0.3 is 9.47 Å². The number of pyridine rings is 1. The van der Waals surface area contributed by atoms with Crippen molar-refractivity contribution in [2.75, 3.05) is 18.0 Å². The first kappa shape index (κ1) is 19.3. The average molecular weight is 407 g/mol. The van der Waals surface area contributed by atoms with E-state index < -0.39 is 0 Å². The van der Waals surface area contributed by atoms with Gasteiger partial charge in [0.2, 0.25) is 5.95 Å². The molecular weight excluding hydrogens is 376 g/mol. The lowest BCUT2D eigenvalue weighted by Gasteiger charge is -2.39. The molecule has 2 fully saturated rings. The van der Waals surface area contributed by atoms with Crippen LogP contribution in [-0.2, 0) is 6.54 Å². The molecule has 7 nitrogen and oxygen atoms in total. The van der Waals surface area contributed by atoms with Gasteiger partial charge in [0.1, 0.15) is 11.5 Å². The summed E-state index contributed by atoms with van der Waals surface area (Å²) < 4.78 is 4.20. The molecule has 0 radical (unpaired) electrons. The van der Waals surface area contributed by atoms with E-state index in [0.717, 1.165) is 60.8 Å². The minimum absolute atomic E-state index is 0.0689. The fourth-order valence-corrected chi connectivity index (χ4v) is 5.03. The first-order chi connectivity index (χ1) is 14.5. The van der Waals surface area contributed by atoms with Crippen LogP contribution in [0, 0.1) is 12.8 Å². The minimum Gasteiger partial charge on any atom is -0.340 e. The molecule has 0 atom stereocenters. The first-order valence-electron chi connectivity index (χ1n) is 11.2. The summed E-state index contributed by atoms with van der Waals surface area (Å²) in [6, 6.07) is 2.00. The number of fused-ring (bicyclic) bond motifs is 1. The summed E-state index contributed by atoms with van der Waals surface area (Å²) in [5.41, 5.74) is 1.83. The normalized spacial score (nSPS) is 17.9. The van der Waals surface area contributed by atoms with E-state index in [1.165, 1.54) is 12.8 Å². The summed E-state index contributed by atoms with van der Waals surface area (Å²) in [7, 11) is 0. The third-order valence-corrected chi connectivity index (χ3v) is 6.64. The second-order valence-electron chi connectivity index (χ2n) is 9.24. The largest absolute Gasteiger partial charge is 0.340 e. The van der Waals surface area contributed by atoms with Crippen molar-refractivity contribution in [3.63, 3.8) is 0 Å². The van der Waals surface area contributed by atoms with E-state index in [0.29, 0.717) is 11.8 Å². The number of rotatable bonds is 5. The third kappa shape index (κ3) is 3.30. The Hall–Kier alpha value is -2.70. The molecule has 3 aromatic heterocycles. The van der Waals surface area contributed by atoms with Crippen LogP contribution in [0.2, 0.25) is 0 Å². The molecule has 1 saturated heterocycles. The van der Waals surface area contributed by atoms with Crippen LogP contribution in [0.15, 0.2) is 29.5 Å². The Kier molecular flexibility index (Phi) is 4.83. The summed E-state index contributed by atoms with van der Waals surface area (Å²) in [4.78, 5) is 29.1. The predicted molar refractivity (Wildman–Crippen MR) is 118 cm³/mol. The van der Waals surface area contributed by atoms with Crippen LogP contribution in [0.3, 0.4) is 0 Å². The maximum Gasteiger partial charge on any atom is 0.252 e. The van der Waals surface area contributed by atoms with Crippen LogP contribution >= 0.6 is 0 Å². The molecule has 0 spiro atoms. The number of aryl methyl sites for hydroxylation is 1. The fraction of sp³-hybridized carbons (Fsp3) is 0.565. The van der Waals surface area contributed by atoms with Gasteiger partial charge in [0.25, 0.3) is 5.56 Å². The number of hydrogen-bond acceptors (Lipinski definition) is 5. The number of hydrogen-bond donors (Lipinski definition) is 0. The summed E-state index contributed by atoms with van der Waals surface area (Å²) in [5, 5.41) is 0.988. The smallest absolute Gasteiger partial charge is 0.252 e. The molecule has 5 rings (SSSR count). The van der Waals surface area contributed by atoms with E-state index in [1.807, 2.05) is 23.9 Å². The van der Waals surface area contributed by atoms with Gasteiger partial charge in [-0.2, -0.15) is 4.98 Å². The van der Waals surface area contributed by atoms with Crippen molar-refractivity contribution in [1.82, 2.24) is 24.1 Å². The van der Waals surface area contributed by atoms with Crippen molar-refractivity contribution in [1.29, 1.82) is 0 Å². The van der Waals surface area contributed by atoms with E-state index in [4.69, 9.17) is 4.98 Å². The second-order valence-corrected chi connectivity index (χ2v) is 9.24.